The van der Waals surface area contributed by atoms with Crippen LogP contribution in [0.2, 0.25) is 0 Å². The normalized spacial score (nSPS) is 13.0. The lowest BCUT2D eigenvalue weighted by molar-refractivity contribution is -0.136. The summed E-state index contributed by atoms with van der Waals surface area (Å²) >= 11 is 3.50. The molecule has 2 aromatic rings. The number of anilines is 3. The standard InChI is InChI=1S/C28H42BrN7O4/c1-20(2)30-13-16-39-19-25(37)31-14-17-40-23-10-8-22(9-11-23)34-28-33-18-24(29)26(35-28)32-12-5-15-36(3)27(38)21-6-4-7-21/h8-11,18,20-21,30H,4-7,12-17,19H2,1-3H3,(H,31,37)(H2,32,33,34,35). The van der Waals surface area contributed by atoms with Crippen LogP contribution in [0.3, 0.4) is 0 Å². The van der Waals surface area contributed by atoms with E-state index in [4.69, 9.17) is 9.47 Å². The molecule has 11 nitrogen and oxygen atoms in total. The molecule has 0 atom stereocenters. The van der Waals surface area contributed by atoms with Crippen molar-refractivity contribution in [2.24, 2.45) is 5.92 Å². The molecule has 3 rings (SSSR count). The van der Waals surface area contributed by atoms with Gasteiger partial charge in [-0.25, -0.2) is 4.98 Å². The SMILES string of the molecule is CC(C)NCCOCC(=O)NCCOc1ccc(Nc2ncc(Br)c(NCCCN(C)C(=O)C3CCC3)n2)cc1. The molecule has 1 aromatic heterocycles. The number of nitrogens with zero attached hydrogens (tertiary/aromatic N) is 3. The monoisotopic (exact) mass is 619 g/mol. The molecule has 40 heavy (non-hydrogen) atoms. The highest BCUT2D eigenvalue weighted by Gasteiger charge is 2.27. The molecule has 0 aliphatic heterocycles. The van der Waals surface area contributed by atoms with E-state index in [9.17, 15) is 9.59 Å². The highest BCUT2D eigenvalue weighted by atomic mass is 79.9. The van der Waals surface area contributed by atoms with E-state index in [0.717, 1.165) is 35.8 Å². The van der Waals surface area contributed by atoms with Crippen LogP contribution in [0.5, 0.6) is 5.75 Å². The zero-order chi connectivity index (χ0) is 28.7. The smallest absolute Gasteiger partial charge is 0.246 e. The van der Waals surface area contributed by atoms with Crippen molar-refractivity contribution in [3.05, 3.63) is 34.9 Å². The van der Waals surface area contributed by atoms with Crippen molar-refractivity contribution in [3.8, 4) is 5.75 Å². The molecule has 220 valence electrons. The predicted molar refractivity (Wildman–Crippen MR) is 160 cm³/mol. The first-order valence-electron chi connectivity index (χ1n) is 13.9. The maximum absolute atomic E-state index is 12.3. The second-order valence-corrected chi connectivity index (χ2v) is 10.9. The highest BCUT2D eigenvalue weighted by molar-refractivity contribution is 9.10. The molecule has 1 fully saturated rings. The lowest BCUT2D eigenvalue weighted by Gasteiger charge is -2.29. The van der Waals surface area contributed by atoms with Gasteiger partial charge in [-0.2, -0.15) is 4.98 Å². The first kappa shape index (κ1) is 31.6. The van der Waals surface area contributed by atoms with Gasteiger partial charge in [0.1, 0.15) is 24.8 Å². The van der Waals surface area contributed by atoms with Crippen LogP contribution in [0.4, 0.5) is 17.5 Å². The second kappa shape index (κ2) is 17.0. The number of aromatic nitrogens is 2. The van der Waals surface area contributed by atoms with Gasteiger partial charge < -0.3 is 35.6 Å². The summed E-state index contributed by atoms with van der Waals surface area (Å²) in [7, 11) is 1.88. The van der Waals surface area contributed by atoms with Crippen molar-refractivity contribution in [1.29, 1.82) is 0 Å². The van der Waals surface area contributed by atoms with E-state index in [2.05, 4.69) is 61.0 Å². The minimum atomic E-state index is -0.164. The lowest BCUT2D eigenvalue weighted by Crippen LogP contribution is -2.37. The van der Waals surface area contributed by atoms with Crippen LogP contribution >= 0.6 is 15.9 Å². The first-order valence-corrected chi connectivity index (χ1v) is 14.7. The van der Waals surface area contributed by atoms with Gasteiger partial charge in [-0.15, -0.1) is 0 Å². The number of carbonyl (C=O) groups excluding carboxylic acids is 2. The summed E-state index contributed by atoms with van der Waals surface area (Å²) in [6.07, 6.45) is 5.73. The minimum absolute atomic E-state index is 0.0360. The van der Waals surface area contributed by atoms with Gasteiger partial charge in [0.2, 0.25) is 17.8 Å². The van der Waals surface area contributed by atoms with E-state index >= 15 is 0 Å². The number of ether oxygens (including phenoxy) is 2. The number of carbonyl (C=O) groups is 2. The minimum Gasteiger partial charge on any atom is -0.492 e. The van der Waals surface area contributed by atoms with E-state index in [1.165, 1.54) is 0 Å². The molecule has 0 saturated heterocycles. The Morgan fingerprint density at radius 1 is 1.12 bits per heavy atom. The number of hydrogen-bond donors (Lipinski definition) is 4. The van der Waals surface area contributed by atoms with Crippen LogP contribution in [0.25, 0.3) is 0 Å². The summed E-state index contributed by atoms with van der Waals surface area (Å²) in [5.41, 5.74) is 0.814. The third-order valence-corrected chi connectivity index (χ3v) is 6.95. The zero-order valence-corrected chi connectivity index (χ0v) is 25.3. The van der Waals surface area contributed by atoms with Crippen LogP contribution in [-0.4, -0.2) is 85.8 Å². The molecule has 4 N–H and O–H groups in total. The summed E-state index contributed by atoms with van der Waals surface area (Å²) in [6.45, 7) is 7.51. The average Bonchev–Trinajstić information content (AvgIpc) is 2.90. The molecule has 1 heterocycles. The van der Waals surface area contributed by atoms with Crippen LogP contribution in [0.15, 0.2) is 34.9 Å². The first-order chi connectivity index (χ1) is 19.3. The number of amides is 2. The molecule has 0 unspecified atom stereocenters. The number of halogens is 1. The number of hydrogen-bond acceptors (Lipinski definition) is 9. The largest absolute Gasteiger partial charge is 0.492 e. The van der Waals surface area contributed by atoms with Crippen molar-refractivity contribution < 1.29 is 19.1 Å². The zero-order valence-electron chi connectivity index (χ0n) is 23.7. The predicted octanol–water partition coefficient (Wildman–Crippen LogP) is 3.55. The Bertz CT molecular complexity index is 1070. The lowest BCUT2D eigenvalue weighted by atomic mass is 9.84. The molecule has 0 spiro atoms. The summed E-state index contributed by atoms with van der Waals surface area (Å²) in [4.78, 5) is 34.8. The van der Waals surface area contributed by atoms with Crippen LogP contribution in [-0.2, 0) is 14.3 Å². The fourth-order valence-electron chi connectivity index (χ4n) is 3.91. The molecule has 1 aliphatic rings. The quantitative estimate of drug-likeness (QED) is 0.185. The molecule has 0 bridgehead atoms. The summed E-state index contributed by atoms with van der Waals surface area (Å²) < 4.78 is 11.8. The molecule has 0 radical (unpaired) electrons. The maximum atomic E-state index is 12.3. The van der Waals surface area contributed by atoms with Gasteiger partial charge in [0.25, 0.3) is 0 Å². The molecule has 1 aromatic carbocycles. The van der Waals surface area contributed by atoms with Gasteiger partial charge in [0.05, 0.1) is 17.6 Å². The topological polar surface area (TPSA) is 130 Å². The van der Waals surface area contributed by atoms with E-state index in [1.807, 2.05) is 36.2 Å². The fraction of sp³-hybridized carbons (Fsp3) is 0.571. The van der Waals surface area contributed by atoms with Gasteiger partial charge in [-0.05, 0) is 59.5 Å². The van der Waals surface area contributed by atoms with Gasteiger partial charge in [-0.1, -0.05) is 20.3 Å². The number of benzene rings is 1. The molecule has 1 aliphatic carbocycles. The van der Waals surface area contributed by atoms with E-state index in [-0.39, 0.29) is 24.3 Å². The van der Waals surface area contributed by atoms with Crippen molar-refractivity contribution in [2.45, 2.75) is 45.6 Å². The fourth-order valence-corrected chi connectivity index (χ4v) is 4.24. The molecule has 12 heteroatoms. The van der Waals surface area contributed by atoms with Gasteiger partial charge in [0.15, 0.2) is 0 Å². The van der Waals surface area contributed by atoms with Gasteiger partial charge in [-0.3, -0.25) is 9.59 Å². The van der Waals surface area contributed by atoms with Gasteiger partial charge >= 0.3 is 0 Å². The second-order valence-electron chi connectivity index (χ2n) is 10.1. The van der Waals surface area contributed by atoms with Gasteiger partial charge in [0, 0.05) is 50.5 Å². The molecule has 2 amide bonds. The third kappa shape index (κ3) is 11.3. The van der Waals surface area contributed by atoms with E-state index < -0.39 is 0 Å². The molecular weight excluding hydrogens is 578 g/mol. The Hall–Kier alpha value is -2.96. The molecular formula is C28H42BrN7O4. The van der Waals surface area contributed by atoms with Crippen molar-refractivity contribution >= 4 is 45.2 Å². The van der Waals surface area contributed by atoms with Crippen LogP contribution < -0.4 is 26.0 Å². The molecule has 1 saturated carbocycles. The Balaban J connectivity index is 1.33. The van der Waals surface area contributed by atoms with Crippen LogP contribution in [0.1, 0.15) is 39.5 Å². The summed E-state index contributed by atoms with van der Waals surface area (Å²) in [6, 6.07) is 7.83. The van der Waals surface area contributed by atoms with Crippen LogP contribution in [0, 0.1) is 5.92 Å². The summed E-state index contributed by atoms with van der Waals surface area (Å²) in [5.74, 6) is 2.16. The Morgan fingerprint density at radius 2 is 1.90 bits per heavy atom. The highest BCUT2D eigenvalue weighted by Crippen LogP contribution is 2.28. The third-order valence-electron chi connectivity index (χ3n) is 6.37. The average molecular weight is 621 g/mol. The Labute approximate surface area is 245 Å². The summed E-state index contributed by atoms with van der Waals surface area (Å²) in [5, 5.41) is 12.5. The van der Waals surface area contributed by atoms with E-state index in [0.29, 0.717) is 63.0 Å². The Kier molecular flexibility index (Phi) is 13.4. The van der Waals surface area contributed by atoms with Crippen molar-refractivity contribution in [3.63, 3.8) is 0 Å². The number of rotatable bonds is 18. The van der Waals surface area contributed by atoms with Crippen molar-refractivity contribution in [1.82, 2.24) is 25.5 Å². The Morgan fingerprint density at radius 3 is 2.60 bits per heavy atom. The van der Waals surface area contributed by atoms with E-state index in [1.54, 1.807) is 6.20 Å². The number of nitrogens with one attached hydrogen (secondary N) is 4. The van der Waals surface area contributed by atoms with Crippen molar-refractivity contribution in [2.75, 3.05) is 63.7 Å². The maximum Gasteiger partial charge on any atom is 0.246 e.